The van der Waals surface area contributed by atoms with Crippen LogP contribution in [0, 0.1) is 11.3 Å². The van der Waals surface area contributed by atoms with E-state index in [0.717, 1.165) is 17.1 Å². The molecule has 0 N–H and O–H groups in total. The highest BCUT2D eigenvalue weighted by Crippen LogP contribution is 2.33. The van der Waals surface area contributed by atoms with Gasteiger partial charge in [0.2, 0.25) is 0 Å². The highest BCUT2D eigenvalue weighted by atomic mass is 32.1. The number of ether oxygens (including phenoxy) is 1. The maximum atomic E-state index is 9.01. The lowest BCUT2D eigenvalue weighted by Gasteiger charge is -2.32. The smallest absolute Gasteiger partial charge is 0.155 e. The predicted molar refractivity (Wildman–Crippen MR) is 49.6 cm³/mol. The molecule has 0 spiro atoms. The van der Waals surface area contributed by atoms with Crippen molar-refractivity contribution in [1.82, 2.24) is 4.98 Å². The Hall–Kier alpha value is -0.920. The third-order valence-electron chi connectivity index (χ3n) is 2.23. The molecule has 1 aromatic rings. The first-order valence-electron chi connectivity index (χ1n) is 4.24. The van der Waals surface area contributed by atoms with E-state index < -0.39 is 5.41 Å². The Labute approximate surface area is 81.0 Å². The van der Waals surface area contributed by atoms with Gasteiger partial charge >= 0.3 is 0 Å². The Kier molecular flexibility index (Phi) is 2.06. The fraction of sp³-hybridized carbons (Fsp3) is 0.556. The Bertz CT molecular complexity index is 349. The van der Waals surface area contributed by atoms with Gasteiger partial charge in [0.1, 0.15) is 5.01 Å². The van der Waals surface area contributed by atoms with Gasteiger partial charge in [-0.3, -0.25) is 0 Å². The number of hydrogen-bond donors (Lipinski definition) is 0. The minimum atomic E-state index is -0.432. The van der Waals surface area contributed by atoms with Gasteiger partial charge in [-0.2, -0.15) is 5.26 Å². The Balaban J connectivity index is 2.29. The van der Waals surface area contributed by atoms with Crippen LogP contribution in [0.2, 0.25) is 0 Å². The van der Waals surface area contributed by atoms with E-state index in [0.29, 0.717) is 13.2 Å². The van der Waals surface area contributed by atoms with E-state index in [1.54, 1.807) is 11.3 Å². The molecule has 2 rings (SSSR count). The van der Waals surface area contributed by atoms with E-state index in [2.05, 4.69) is 18.0 Å². The summed E-state index contributed by atoms with van der Waals surface area (Å²) in [5, 5.41) is 11.9. The minimum absolute atomic E-state index is 0.432. The van der Waals surface area contributed by atoms with Crippen molar-refractivity contribution in [2.75, 3.05) is 13.2 Å². The largest absolute Gasteiger partial charge is 0.377 e. The van der Waals surface area contributed by atoms with Crippen molar-refractivity contribution >= 4 is 11.3 Å². The van der Waals surface area contributed by atoms with E-state index in [4.69, 9.17) is 10.00 Å². The van der Waals surface area contributed by atoms with Gasteiger partial charge in [-0.15, -0.1) is 11.3 Å². The topological polar surface area (TPSA) is 45.9 Å². The monoisotopic (exact) mass is 194 g/mol. The van der Waals surface area contributed by atoms with Crippen molar-refractivity contribution in [2.45, 2.75) is 18.8 Å². The lowest BCUT2D eigenvalue weighted by Crippen LogP contribution is -2.45. The molecule has 1 saturated heterocycles. The molecule has 0 bridgehead atoms. The van der Waals surface area contributed by atoms with E-state index >= 15 is 0 Å². The summed E-state index contributed by atoms with van der Waals surface area (Å²) in [4.78, 5) is 4.41. The molecule has 68 valence electrons. The van der Waals surface area contributed by atoms with Crippen molar-refractivity contribution in [3.8, 4) is 6.07 Å². The summed E-state index contributed by atoms with van der Waals surface area (Å²) in [6, 6.07) is 2.29. The molecule has 1 aliphatic heterocycles. The second-order valence-electron chi connectivity index (χ2n) is 3.18. The van der Waals surface area contributed by atoms with Crippen LogP contribution in [0.15, 0.2) is 5.38 Å². The number of nitrogens with zero attached hydrogens (tertiary/aromatic N) is 2. The maximum Gasteiger partial charge on any atom is 0.155 e. The molecule has 13 heavy (non-hydrogen) atoms. The van der Waals surface area contributed by atoms with E-state index in [1.807, 2.05) is 5.38 Å². The zero-order chi connectivity index (χ0) is 9.31. The molecule has 1 aliphatic rings. The highest BCUT2D eigenvalue weighted by Gasteiger charge is 2.43. The van der Waals surface area contributed by atoms with Crippen molar-refractivity contribution in [1.29, 1.82) is 5.26 Å². The van der Waals surface area contributed by atoms with Gasteiger partial charge in [-0.25, -0.2) is 4.98 Å². The zero-order valence-corrected chi connectivity index (χ0v) is 8.23. The van der Waals surface area contributed by atoms with Crippen LogP contribution in [0.1, 0.15) is 17.6 Å². The molecule has 4 heteroatoms. The first-order valence-corrected chi connectivity index (χ1v) is 5.12. The quantitative estimate of drug-likeness (QED) is 0.716. The summed E-state index contributed by atoms with van der Waals surface area (Å²) in [6.07, 6.45) is 0.929. The standard InChI is InChI=1S/C9H10N2OS/c1-2-7-3-13-8(11-7)9(4-10)5-12-6-9/h3H,2,5-6H2,1H3. The molecule has 0 unspecified atom stereocenters. The summed E-state index contributed by atoms with van der Waals surface area (Å²) in [5.41, 5.74) is 0.638. The fourth-order valence-corrected chi connectivity index (χ4v) is 2.26. The summed E-state index contributed by atoms with van der Waals surface area (Å²) in [6.45, 7) is 3.06. The van der Waals surface area contributed by atoms with Crippen LogP contribution < -0.4 is 0 Å². The van der Waals surface area contributed by atoms with Crippen LogP contribution in [-0.4, -0.2) is 18.2 Å². The Morgan fingerprint density at radius 2 is 2.54 bits per heavy atom. The number of aromatic nitrogens is 1. The molecule has 0 atom stereocenters. The highest BCUT2D eigenvalue weighted by molar-refractivity contribution is 7.09. The summed E-state index contributed by atoms with van der Waals surface area (Å²) in [7, 11) is 0. The number of aryl methyl sites for hydroxylation is 1. The van der Waals surface area contributed by atoms with Crippen LogP contribution in [0.5, 0.6) is 0 Å². The van der Waals surface area contributed by atoms with Crippen LogP contribution in [0.4, 0.5) is 0 Å². The van der Waals surface area contributed by atoms with Gasteiger partial charge in [0.05, 0.1) is 25.0 Å². The van der Waals surface area contributed by atoms with Crippen LogP contribution >= 0.6 is 11.3 Å². The molecular weight excluding hydrogens is 184 g/mol. The average Bonchev–Trinajstić information content (AvgIpc) is 2.52. The molecule has 0 radical (unpaired) electrons. The molecule has 0 saturated carbocycles. The van der Waals surface area contributed by atoms with Crippen molar-refractivity contribution in [3.63, 3.8) is 0 Å². The first kappa shape index (κ1) is 8.67. The molecule has 1 aromatic heterocycles. The minimum Gasteiger partial charge on any atom is -0.377 e. The van der Waals surface area contributed by atoms with Crippen molar-refractivity contribution in [2.24, 2.45) is 0 Å². The van der Waals surface area contributed by atoms with Gasteiger partial charge in [0.15, 0.2) is 5.41 Å². The molecule has 0 amide bonds. The number of rotatable bonds is 2. The van der Waals surface area contributed by atoms with E-state index in [1.165, 1.54) is 0 Å². The summed E-state index contributed by atoms with van der Waals surface area (Å²) < 4.78 is 5.07. The van der Waals surface area contributed by atoms with Crippen molar-refractivity contribution < 1.29 is 4.74 Å². The Morgan fingerprint density at radius 3 is 2.92 bits per heavy atom. The molecule has 0 aromatic carbocycles. The molecular formula is C9H10N2OS. The lowest BCUT2D eigenvalue weighted by molar-refractivity contribution is -0.0299. The number of thiazole rings is 1. The predicted octanol–water partition coefficient (Wildman–Crippen LogP) is 1.50. The summed E-state index contributed by atoms with van der Waals surface area (Å²) >= 11 is 1.57. The van der Waals surface area contributed by atoms with Crippen LogP contribution in [0.25, 0.3) is 0 Å². The molecule has 3 nitrogen and oxygen atoms in total. The molecule has 1 fully saturated rings. The fourth-order valence-electron chi connectivity index (χ4n) is 1.23. The second kappa shape index (κ2) is 3.09. The van der Waals surface area contributed by atoms with Gasteiger partial charge in [-0.1, -0.05) is 6.92 Å². The van der Waals surface area contributed by atoms with Gasteiger partial charge in [-0.05, 0) is 6.42 Å². The lowest BCUT2D eigenvalue weighted by atomic mass is 9.89. The maximum absolute atomic E-state index is 9.01. The third kappa shape index (κ3) is 1.25. The Morgan fingerprint density at radius 1 is 1.77 bits per heavy atom. The van der Waals surface area contributed by atoms with Gasteiger partial charge in [0, 0.05) is 5.38 Å². The molecule has 2 heterocycles. The van der Waals surface area contributed by atoms with E-state index in [-0.39, 0.29) is 0 Å². The van der Waals surface area contributed by atoms with Gasteiger partial charge in [0.25, 0.3) is 0 Å². The summed E-state index contributed by atoms with van der Waals surface area (Å²) in [5.74, 6) is 0. The second-order valence-corrected chi connectivity index (χ2v) is 4.04. The average molecular weight is 194 g/mol. The van der Waals surface area contributed by atoms with Gasteiger partial charge < -0.3 is 4.74 Å². The van der Waals surface area contributed by atoms with Crippen molar-refractivity contribution in [3.05, 3.63) is 16.1 Å². The normalized spacial score (nSPS) is 19.1. The SMILES string of the molecule is CCc1csc(C2(C#N)COC2)n1. The number of hydrogen-bond acceptors (Lipinski definition) is 4. The third-order valence-corrected chi connectivity index (χ3v) is 3.33. The number of nitriles is 1. The van der Waals surface area contributed by atoms with Crippen LogP contribution in [0.3, 0.4) is 0 Å². The van der Waals surface area contributed by atoms with E-state index in [9.17, 15) is 0 Å². The van der Waals surface area contributed by atoms with Crippen LogP contribution in [-0.2, 0) is 16.6 Å². The zero-order valence-electron chi connectivity index (χ0n) is 7.41. The first-order chi connectivity index (χ1) is 6.30. The molecule has 0 aliphatic carbocycles.